The Hall–Kier alpha value is -1.73. The molecule has 0 saturated heterocycles. The fourth-order valence-electron chi connectivity index (χ4n) is 2.65. The number of ether oxygens (including phenoxy) is 1. The molecule has 2 rings (SSSR count). The van der Waals surface area contributed by atoms with Crippen molar-refractivity contribution in [2.75, 3.05) is 12.3 Å². The summed E-state index contributed by atoms with van der Waals surface area (Å²) in [6.45, 7) is 1.50. The monoisotopic (exact) mass is 305 g/mol. The van der Waals surface area contributed by atoms with Gasteiger partial charge < -0.3 is 10.5 Å². The molecular formula is C13H18F3N3O2. The highest BCUT2D eigenvalue weighted by atomic mass is 19.4. The zero-order valence-corrected chi connectivity index (χ0v) is 11.7. The van der Waals surface area contributed by atoms with E-state index in [1.807, 2.05) is 0 Å². The van der Waals surface area contributed by atoms with Crippen LogP contribution in [0.3, 0.4) is 0 Å². The van der Waals surface area contributed by atoms with Gasteiger partial charge in [-0.1, -0.05) is 19.3 Å². The van der Waals surface area contributed by atoms with Gasteiger partial charge in [-0.05, 0) is 19.8 Å². The van der Waals surface area contributed by atoms with Crippen molar-refractivity contribution in [3.63, 3.8) is 0 Å². The standard InChI is InChI=1S/C13H18F3N3O2/c1-2-21-12(20)9-10(13(14,15)16)18-19(11(9)17)8-6-4-3-5-7-8/h8H,2-7,17H2,1H3. The van der Waals surface area contributed by atoms with Crippen LogP contribution in [0.1, 0.15) is 61.1 Å². The quantitative estimate of drug-likeness (QED) is 0.871. The van der Waals surface area contributed by atoms with Crippen molar-refractivity contribution in [3.8, 4) is 0 Å². The third-order valence-electron chi connectivity index (χ3n) is 3.62. The molecule has 5 nitrogen and oxygen atoms in total. The second-order valence-electron chi connectivity index (χ2n) is 5.06. The second kappa shape index (κ2) is 5.95. The van der Waals surface area contributed by atoms with Gasteiger partial charge in [0.15, 0.2) is 5.69 Å². The molecule has 1 heterocycles. The number of anilines is 1. The van der Waals surface area contributed by atoms with Crippen molar-refractivity contribution in [2.24, 2.45) is 0 Å². The number of halogens is 3. The lowest BCUT2D eigenvalue weighted by Crippen LogP contribution is -2.17. The van der Waals surface area contributed by atoms with Gasteiger partial charge in [0, 0.05) is 0 Å². The molecule has 0 spiro atoms. The summed E-state index contributed by atoms with van der Waals surface area (Å²) in [5.74, 6) is -1.34. The van der Waals surface area contributed by atoms with Crippen molar-refractivity contribution in [3.05, 3.63) is 11.3 Å². The molecule has 2 N–H and O–H groups in total. The molecular weight excluding hydrogens is 287 g/mol. The van der Waals surface area contributed by atoms with E-state index in [9.17, 15) is 18.0 Å². The van der Waals surface area contributed by atoms with Crippen molar-refractivity contribution < 1.29 is 22.7 Å². The zero-order chi connectivity index (χ0) is 15.6. The zero-order valence-electron chi connectivity index (χ0n) is 11.7. The lowest BCUT2D eigenvalue weighted by molar-refractivity contribution is -0.142. The van der Waals surface area contributed by atoms with Gasteiger partial charge in [0.1, 0.15) is 11.4 Å². The molecule has 1 aliphatic carbocycles. The minimum atomic E-state index is -4.74. The molecule has 1 aromatic heterocycles. The lowest BCUT2D eigenvalue weighted by atomic mass is 9.96. The SMILES string of the molecule is CCOC(=O)c1c(C(F)(F)F)nn(C2CCCCC2)c1N. The number of hydrogen-bond acceptors (Lipinski definition) is 4. The summed E-state index contributed by atoms with van der Waals surface area (Å²) in [5.41, 5.74) is 3.83. The molecule has 1 fully saturated rings. The molecule has 1 saturated carbocycles. The fourth-order valence-corrected chi connectivity index (χ4v) is 2.65. The summed E-state index contributed by atoms with van der Waals surface area (Å²) in [6.07, 6.45) is -0.429. The number of nitrogens with two attached hydrogens (primary N) is 1. The minimum Gasteiger partial charge on any atom is -0.462 e. The molecule has 0 aliphatic heterocycles. The minimum absolute atomic E-state index is 0.0236. The molecule has 1 aromatic rings. The summed E-state index contributed by atoms with van der Waals surface area (Å²) in [6, 6.07) is -0.192. The number of hydrogen-bond donors (Lipinski definition) is 1. The van der Waals surface area contributed by atoms with Crippen LogP contribution < -0.4 is 5.73 Å². The van der Waals surface area contributed by atoms with Crippen molar-refractivity contribution in [1.29, 1.82) is 0 Å². The van der Waals surface area contributed by atoms with Gasteiger partial charge in [-0.15, -0.1) is 0 Å². The van der Waals surface area contributed by atoms with E-state index in [4.69, 9.17) is 5.73 Å². The van der Waals surface area contributed by atoms with E-state index in [1.54, 1.807) is 0 Å². The first-order chi connectivity index (χ1) is 9.86. The normalized spacial score (nSPS) is 17.0. The first kappa shape index (κ1) is 15.7. The van der Waals surface area contributed by atoms with E-state index >= 15 is 0 Å². The molecule has 0 aromatic carbocycles. The van der Waals surface area contributed by atoms with Crippen LogP contribution >= 0.6 is 0 Å². The van der Waals surface area contributed by atoms with Crippen LogP contribution in [0.25, 0.3) is 0 Å². The summed E-state index contributed by atoms with van der Waals surface area (Å²) >= 11 is 0. The molecule has 21 heavy (non-hydrogen) atoms. The first-order valence-electron chi connectivity index (χ1n) is 6.98. The van der Waals surface area contributed by atoms with Crippen molar-refractivity contribution >= 4 is 11.8 Å². The van der Waals surface area contributed by atoms with E-state index in [2.05, 4.69) is 9.84 Å². The molecule has 118 valence electrons. The summed E-state index contributed by atoms with van der Waals surface area (Å²) < 4.78 is 45.0. The Labute approximate surface area is 120 Å². The topological polar surface area (TPSA) is 70.1 Å². The number of nitrogen functional groups attached to an aromatic ring is 1. The number of rotatable bonds is 3. The van der Waals surface area contributed by atoms with Gasteiger partial charge in [0.05, 0.1) is 12.6 Å². The van der Waals surface area contributed by atoms with Crippen LogP contribution in [-0.4, -0.2) is 22.4 Å². The van der Waals surface area contributed by atoms with E-state index in [-0.39, 0.29) is 18.5 Å². The van der Waals surface area contributed by atoms with Gasteiger partial charge in [-0.3, -0.25) is 0 Å². The molecule has 1 aliphatic rings. The Kier molecular flexibility index (Phi) is 4.43. The van der Waals surface area contributed by atoms with Crippen LogP contribution in [0.5, 0.6) is 0 Å². The third-order valence-corrected chi connectivity index (χ3v) is 3.62. The van der Waals surface area contributed by atoms with Gasteiger partial charge in [-0.25, -0.2) is 9.48 Å². The van der Waals surface area contributed by atoms with Crippen molar-refractivity contribution in [2.45, 2.75) is 51.2 Å². The van der Waals surface area contributed by atoms with Gasteiger partial charge in [-0.2, -0.15) is 18.3 Å². The summed E-state index contributed by atoms with van der Waals surface area (Å²) in [4.78, 5) is 11.8. The van der Waals surface area contributed by atoms with Gasteiger partial charge in [0.2, 0.25) is 0 Å². The van der Waals surface area contributed by atoms with Crippen LogP contribution in [0, 0.1) is 0 Å². The number of alkyl halides is 3. The number of nitrogens with zero attached hydrogens (tertiary/aromatic N) is 2. The van der Waals surface area contributed by atoms with E-state index < -0.39 is 23.4 Å². The predicted octanol–water partition coefficient (Wildman–Crippen LogP) is 3.17. The Balaban J connectivity index is 2.46. The lowest BCUT2D eigenvalue weighted by Gasteiger charge is -2.22. The number of aromatic nitrogens is 2. The van der Waals surface area contributed by atoms with Crippen LogP contribution in [0.2, 0.25) is 0 Å². The summed E-state index contributed by atoms with van der Waals surface area (Å²) in [5, 5.41) is 3.57. The van der Waals surface area contributed by atoms with Gasteiger partial charge >= 0.3 is 12.1 Å². The molecule has 8 heteroatoms. The average molecular weight is 305 g/mol. The van der Waals surface area contributed by atoms with Crippen LogP contribution in [-0.2, 0) is 10.9 Å². The Bertz CT molecular complexity index is 519. The molecule has 0 atom stereocenters. The number of esters is 1. The van der Waals surface area contributed by atoms with Crippen molar-refractivity contribution in [1.82, 2.24) is 9.78 Å². The molecule has 0 radical (unpaired) electrons. The van der Waals surface area contributed by atoms with E-state index in [0.717, 1.165) is 23.9 Å². The van der Waals surface area contributed by atoms with Crippen LogP contribution in [0.4, 0.5) is 19.0 Å². The Morgan fingerprint density at radius 3 is 2.52 bits per heavy atom. The summed E-state index contributed by atoms with van der Waals surface area (Å²) in [7, 11) is 0. The number of carbonyl (C=O) groups excluding carboxylic acids is 1. The highest BCUT2D eigenvalue weighted by Gasteiger charge is 2.42. The Morgan fingerprint density at radius 2 is 2.00 bits per heavy atom. The predicted molar refractivity (Wildman–Crippen MR) is 69.7 cm³/mol. The fraction of sp³-hybridized carbons (Fsp3) is 0.692. The van der Waals surface area contributed by atoms with E-state index in [1.165, 1.54) is 6.92 Å². The first-order valence-corrected chi connectivity index (χ1v) is 6.98. The van der Waals surface area contributed by atoms with E-state index in [0.29, 0.717) is 12.8 Å². The average Bonchev–Trinajstić information content (AvgIpc) is 2.78. The Morgan fingerprint density at radius 1 is 1.38 bits per heavy atom. The third kappa shape index (κ3) is 3.14. The number of carbonyl (C=O) groups is 1. The van der Waals surface area contributed by atoms with Gasteiger partial charge in [0.25, 0.3) is 0 Å². The largest absolute Gasteiger partial charge is 0.462 e. The van der Waals surface area contributed by atoms with Crippen LogP contribution in [0.15, 0.2) is 0 Å². The highest BCUT2D eigenvalue weighted by Crippen LogP contribution is 2.37. The molecule has 0 bridgehead atoms. The highest BCUT2D eigenvalue weighted by molar-refractivity contribution is 5.95. The molecule has 0 unspecified atom stereocenters. The smallest absolute Gasteiger partial charge is 0.436 e. The maximum atomic E-state index is 13.1. The molecule has 0 amide bonds. The maximum Gasteiger partial charge on any atom is 0.436 e. The maximum absolute atomic E-state index is 13.1. The second-order valence-corrected chi connectivity index (χ2v) is 5.06.